The molecule has 0 aliphatic rings. The van der Waals surface area contributed by atoms with Crippen molar-refractivity contribution in [3.63, 3.8) is 0 Å². The Hall–Kier alpha value is -2.40. The molecule has 4 nitrogen and oxygen atoms in total. The van der Waals surface area contributed by atoms with Gasteiger partial charge >= 0.3 is 0 Å². The van der Waals surface area contributed by atoms with Crippen LogP contribution in [0.3, 0.4) is 0 Å². The number of hydrogen-bond donors (Lipinski definition) is 2. The third-order valence-corrected chi connectivity index (χ3v) is 4.30. The van der Waals surface area contributed by atoms with E-state index in [-0.39, 0.29) is 0 Å². The van der Waals surface area contributed by atoms with Crippen LogP contribution < -0.4 is 10.6 Å². The fraction of sp³-hybridized carbons (Fsp3) is 0.158. The summed E-state index contributed by atoms with van der Waals surface area (Å²) in [6.07, 6.45) is 0. The normalized spacial score (nSPS) is 10.5. The first-order chi connectivity index (χ1) is 11.5. The summed E-state index contributed by atoms with van der Waals surface area (Å²) in [5.41, 5.74) is 5.33. The van der Waals surface area contributed by atoms with Gasteiger partial charge in [-0.2, -0.15) is 4.98 Å². The van der Waals surface area contributed by atoms with Crippen LogP contribution in [0.15, 0.2) is 53.0 Å². The summed E-state index contributed by atoms with van der Waals surface area (Å²) in [4.78, 5) is 9.06. The first-order valence-corrected chi connectivity index (χ1v) is 8.52. The minimum atomic E-state index is 0.584. The Morgan fingerprint density at radius 1 is 0.875 bits per heavy atom. The van der Waals surface area contributed by atoms with E-state index in [1.807, 2.05) is 49.4 Å². The average molecular weight is 383 g/mol. The van der Waals surface area contributed by atoms with Crippen LogP contribution >= 0.6 is 15.9 Å². The highest BCUT2D eigenvalue weighted by atomic mass is 79.9. The molecule has 0 saturated carbocycles. The van der Waals surface area contributed by atoms with E-state index in [9.17, 15) is 0 Å². The summed E-state index contributed by atoms with van der Waals surface area (Å²) in [6.45, 7) is 6.15. The Bertz CT molecular complexity index is 877. The van der Waals surface area contributed by atoms with Crippen molar-refractivity contribution in [2.45, 2.75) is 20.8 Å². The zero-order chi connectivity index (χ0) is 17.1. The maximum absolute atomic E-state index is 4.58. The Labute approximate surface area is 150 Å². The van der Waals surface area contributed by atoms with Gasteiger partial charge in [0.05, 0.1) is 0 Å². The lowest BCUT2D eigenvalue weighted by Gasteiger charge is -2.12. The number of nitrogens with zero attached hydrogens (tertiary/aromatic N) is 2. The zero-order valence-corrected chi connectivity index (χ0v) is 15.5. The minimum Gasteiger partial charge on any atom is -0.340 e. The van der Waals surface area contributed by atoms with Gasteiger partial charge in [0.15, 0.2) is 0 Å². The lowest BCUT2D eigenvalue weighted by molar-refractivity contribution is 1.10. The Morgan fingerprint density at radius 2 is 1.67 bits per heavy atom. The Kier molecular flexibility index (Phi) is 4.81. The van der Waals surface area contributed by atoms with Crippen molar-refractivity contribution in [3.8, 4) is 0 Å². The SMILES string of the molecule is Cc1cc(Nc2cccc(Br)c2)nc(Nc2cccc(C)c2C)n1. The average Bonchev–Trinajstić information content (AvgIpc) is 2.51. The third-order valence-electron chi connectivity index (χ3n) is 3.80. The summed E-state index contributed by atoms with van der Waals surface area (Å²) in [6, 6.07) is 16.1. The fourth-order valence-corrected chi connectivity index (χ4v) is 2.81. The van der Waals surface area contributed by atoms with Gasteiger partial charge in [0.25, 0.3) is 0 Å². The molecule has 3 aromatic rings. The van der Waals surface area contributed by atoms with E-state index in [0.717, 1.165) is 27.4 Å². The molecule has 122 valence electrons. The van der Waals surface area contributed by atoms with Crippen molar-refractivity contribution in [2.75, 3.05) is 10.6 Å². The van der Waals surface area contributed by atoms with Crippen LogP contribution in [-0.2, 0) is 0 Å². The molecule has 5 heteroatoms. The molecule has 0 atom stereocenters. The second-order valence-corrected chi connectivity index (χ2v) is 6.64. The van der Waals surface area contributed by atoms with E-state index >= 15 is 0 Å². The summed E-state index contributed by atoms with van der Waals surface area (Å²) < 4.78 is 1.02. The van der Waals surface area contributed by atoms with Crippen molar-refractivity contribution in [2.24, 2.45) is 0 Å². The van der Waals surface area contributed by atoms with Gasteiger partial charge in [0.1, 0.15) is 5.82 Å². The molecular formula is C19H19BrN4. The lowest BCUT2D eigenvalue weighted by Crippen LogP contribution is -2.03. The van der Waals surface area contributed by atoms with Gasteiger partial charge < -0.3 is 10.6 Å². The first kappa shape index (κ1) is 16.5. The second-order valence-electron chi connectivity index (χ2n) is 5.73. The molecule has 0 amide bonds. The van der Waals surface area contributed by atoms with E-state index in [4.69, 9.17) is 0 Å². The molecule has 0 saturated heterocycles. The fourth-order valence-electron chi connectivity index (χ4n) is 2.41. The van der Waals surface area contributed by atoms with Gasteiger partial charge in [-0.25, -0.2) is 4.98 Å². The maximum Gasteiger partial charge on any atom is 0.229 e. The maximum atomic E-state index is 4.58. The molecule has 0 aliphatic heterocycles. The Balaban J connectivity index is 1.87. The largest absolute Gasteiger partial charge is 0.340 e. The highest BCUT2D eigenvalue weighted by Crippen LogP contribution is 2.24. The van der Waals surface area contributed by atoms with Crippen LogP contribution in [0.2, 0.25) is 0 Å². The predicted molar refractivity (Wildman–Crippen MR) is 103 cm³/mol. The highest BCUT2D eigenvalue weighted by Gasteiger charge is 2.06. The standard InChI is InChI=1S/C19H19BrN4/c1-12-6-4-9-17(14(12)3)23-19-21-13(2)10-18(24-19)22-16-8-5-7-15(20)11-16/h4-11H,1-3H3,(H2,21,22,23,24). The monoisotopic (exact) mass is 382 g/mol. The van der Waals surface area contributed by atoms with Crippen LogP contribution in [-0.4, -0.2) is 9.97 Å². The highest BCUT2D eigenvalue weighted by molar-refractivity contribution is 9.10. The molecule has 0 spiro atoms. The molecule has 24 heavy (non-hydrogen) atoms. The van der Waals surface area contributed by atoms with Crippen molar-refractivity contribution < 1.29 is 0 Å². The number of nitrogens with one attached hydrogen (secondary N) is 2. The molecule has 0 unspecified atom stereocenters. The molecule has 3 rings (SSSR count). The number of benzene rings is 2. The van der Waals surface area contributed by atoms with Crippen molar-refractivity contribution in [3.05, 3.63) is 69.8 Å². The quantitative estimate of drug-likeness (QED) is 0.611. The number of aryl methyl sites for hydroxylation is 2. The summed E-state index contributed by atoms with van der Waals surface area (Å²) in [7, 11) is 0. The minimum absolute atomic E-state index is 0.584. The molecule has 0 bridgehead atoms. The van der Waals surface area contributed by atoms with Crippen molar-refractivity contribution >= 4 is 39.1 Å². The zero-order valence-electron chi connectivity index (χ0n) is 13.9. The van der Waals surface area contributed by atoms with Crippen LogP contribution in [0.25, 0.3) is 0 Å². The molecule has 1 aromatic heterocycles. The molecule has 0 radical (unpaired) electrons. The van der Waals surface area contributed by atoms with Gasteiger partial charge in [0.2, 0.25) is 5.95 Å². The van der Waals surface area contributed by atoms with Gasteiger partial charge in [-0.3, -0.25) is 0 Å². The summed E-state index contributed by atoms with van der Waals surface area (Å²) in [5.74, 6) is 1.34. The van der Waals surface area contributed by atoms with Gasteiger partial charge in [-0.05, 0) is 56.2 Å². The molecule has 1 heterocycles. The van der Waals surface area contributed by atoms with Crippen molar-refractivity contribution in [1.82, 2.24) is 9.97 Å². The number of rotatable bonds is 4. The first-order valence-electron chi connectivity index (χ1n) is 7.73. The van der Waals surface area contributed by atoms with Crippen molar-refractivity contribution in [1.29, 1.82) is 0 Å². The van der Waals surface area contributed by atoms with Gasteiger partial charge in [-0.15, -0.1) is 0 Å². The van der Waals surface area contributed by atoms with E-state index in [0.29, 0.717) is 5.95 Å². The number of halogens is 1. The van der Waals surface area contributed by atoms with E-state index in [1.54, 1.807) is 0 Å². The predicted octanol–water partition coefficient (Wildman–Crippen LogP) is 5.65. The van der Waals surface area contributed by atoms with E-state index in [2.05, 4.69) is 56.4 Å². The molecule has 2 aromatic carbocycles. The van der Waals surface area contributed by atoms with Gasteiger partial charge in [0, 0.05) is 27.6 Å². The molecular weight excluding hydrogens is 364 g/mol. The molecule has 0 fully saturated rings. The Morgan fingerprint density at radius 3 is 2.46 bits per heavy atom. The third kappa shape index (κ3) is 3.92. The van der Waals surface area contributed by atoms with Crippen LogP contribution in [0.1, 0.15) is 16.8 Å². The molecule has 0 aliphatic carbocycles. The number of anilines is 4. The number of hydrogen-bond acceptors (Lipinski definition) is 4. The van der Waals surface area contributed by atoms with E-state index in [1.165, 1.54) is 11.1 Å². The summed E-state index contributed by atoms with van der Waals surface area (Å²) >= 11 is 3.48. The van der Waals surface area contributed by atoms with E-state index < -0.39 is 0 Å². The lowest BCUT2D eigenvalue weighted by atomic mass is 10.1. The smallest absolute Gasteiger partial charge is 0.229 e. The van der Waals surface area contributed by atoms with Crippen LogP contribution in [0.5, 0.6) is 0 Å². The van der Waals surface area contributed by atoms with Crippen LogP contribution in [0, 0.1) is 20.8 Å². The second kappa shape index (κ2) is 7.01. The molecule has 2 N–H and O–H groups in total. The van der Waals surface area contributed by atoms with Gasteiger partial charge in [-0.1, -0.05) is 34.1 Å². The van der Waals surface area contributed by atoms with Crippen LogP contribution in [0.4, 0.5) is 23.1 Å². The topological polar surface area (TPSA) is 49.8 Å². The number of aromatic nitrogens is 2. The summed E-state index contributed by atoms with van der Waals surface area (Å²) in [5, 5.41) is 6.64.